The fourth-order valence-electron chi connectivity index (χ4n) is 2.86. The highest BCUT2D eigenvalue weighted by atomic mass is 16.5. The molecule has 0 aliphatic rings. The highest BCUT2D eigenvalue weighted by Crippen LogP contribution is 2.19. The van der Waals surface area contributed by atoms with Gasteiger partial charge in [-0.25, -0.2) is 0 Å². The second-order valence-electron chi connectivity index (χ2n) is 6.31. The number of aromatic nitrogens is 1. The molecule has 6 heteroatoms. The van der Waals surface area contributed by atoms with Crippen molar-refractivity contribution in [2.75, 3.05) is 13.2 Å². The van der Waals surface area contributed by atoms with Crippen LogP contribution in [0.15, 0.2) is 79.0 Å². The maximum Gasteiger partial charge on any atom is 0.251 e. The fourth-order valence-corrected chi connectivity index (χ4v) is 2.86. The largest absolute Gasteiger partial charge is 0.494 e. The zero-order chi connectivity index (χ0) is 20.5. The van der Waals surface area contributed by atoms with Crippen molar-refractivity contribution in [1.29, 1.82) is 0 Å². The van der Waals surface area contributed by atoms with Gasteiger partial charge in [0.1, 0.15) is 5.75 Å². The first-order chi connectivity index (χ1) is 14.2. The molecule has 0 aliphatic heterocycles. The molecule has 0 saturated heterocycles. The Labute approximate surface area is 169 Å². The van der Waals surface area contributed by atoms with E-state index >= 15 is 0 Å². The molecule has 1 atom stereocenters. The third-order valence-electron chi connectivity index (χ3n) is 4.26. The van der Waals surface area contributed by atoms with Gasteiger partial charge in [-0.1, -0.05) is 36.4 Å². The second kappa shape index (κ2) is 10.0. The predicted octanol–water partition coefficient (Wildman–Crippen LogP) is 3.12. The summed E-state index contributed by atoms with van der Waals surface area (Å²) in [5.41, 5.74) is 2.10. The van der Waals surface area contributed by atoms with Gasteiger partial charge >= 0.3 is 0 Å². The van der Waals surface area contributed by atoms with Crippen molar-refractivity contribution in [3.63, 3.8) is 0 Å². The van der Waals surface area contributed by atoms with Crippen LogP contribution in [0, 0.1) is 0 Å². The first kappa shape index (κ1) is 20.1. The van der Waals surface area contributed by atoms with Crippen molar-refractivity contribution >= 4 is 11.8 Å². The zero-order valence-corrected chi connectivity index (χ0v) is 16.2. The number of carbonyl (C=O) groups is 2. The van der Waals surface area contributed by atoms with E-state index in [2.05, 4.69) is 15.6 Å². The van der Waals surface area contributed by atoms with Crippen LogP contribution in [0.2, 0.25) is 0 Å². The minimum atomic E-state index is -0.396. The van der Waals surface area contributed by atoms with E-state index in [1.807, 2.05) is 55.5 Å². The van der Waals surface area contributed by atoms with E-state index in [4.69, 9.17) is 4.74 Å². The maximum atomic E-state index is 12.5. The average Bonchev–Trinajstić information content (AvgIpc) is 2.78. The Bertz CT molecular complexity index is 889. The van der Waals surface area contributed by atoms with E-state index in [0.717, 1.165) is 11.3 Å². The molecule has 2 amide bonds. The standard InChI is InChI=1S/C23H23N3O3/c1-2-29-19-13-11-18(12-14-19)23(28)25-16-21(27)26-22(17-8-4-3-5-9-17)20-10-6-7-15-24-20/h3-15,22H,2,16H2,1H3,(H,25,28)(H,26,27). The van der Waals surface area contributed by atoms with Crippen LogP contribution in [0.4, 0.5) is 0 Å². The maximum absolute atomic E-state index is 12.5. The lowest BCUT2D eigenvalue weighted by Crippen LogP contribution is -2.39. The predicted molar refractivity (Wildman–Crippen MR) is 111 cm³/mol. The first-order valence-corrected chi connectivity index (χ1v) is 9.43. The highest BCUT2D eigenvalue weighted by molar-refractivity contribution is 5.96. The number of pyridine rings is 1. The van der Waals surface area contributed by atoms with Crippen molar-refractivity contribution in [2.45, 2.75) is 13.0 Å². The molecule has 0 aliphatic carbocycles. The lowest BCUT2D eigenvalue weighted by molar-refractivity contribution is -0.120. The van der Waals surface area contributed by atoms with Crippen LogP contribution in [-0.4, -0.2) is 29.9 Å². The summed E-state index contributed by atoms with van der Waals surface area (Å²) in [4.78, 5) is 29.2. The third-order valence-corrected chi connectivity index (χ3v) is 4.26. The molecule has 0 saturated carbocycles. The molecule has 6 nitrogen and oxygen atoms in total. The van der Waals surface area contributed by atoms with E-state index in [1.165, 1.54) is 0 Å². The second-order valence-corrected chi connectivity index (χ2v) is 6.31. The molecule has 1 heterocycles. The molecule has 29 heavy (non-hydrogen) atoms. The molecule has 3 rings (SSSR count). The topological polar surface area (TPSA) is 80.3 Å². The van der Waals surface area contributed by atoms with Gasteiger partial charge in [-0.3, -0.25) is 14.6 Å². The smallest absolute Gasteiger partial charge is 0.251 e. The third kappa shape index (κ3) is 5.65. The van der Waals surface area contributed by atoms with Crippen LogP contribution in [0.25, 0.3) is 0 Å². The van der Waals surface area contributed by atoms with E-state index < -0.39 is 6.04 Å². The van der Waals surface area contributed by atoms with Crippen molar-refractivity contribution in [3.8, 4) is 5.75 Å². The molecule has 0 fully saturated rings. The van der Waals surface area contributed by atoms with Crippen molar-refractivity contribution < 1.29 is 14.3 Å². The summed E-state index contributed by atoms with van der Waals surface area (Å²) < 4.78 is 5.36. The van der Waals surface area contributed by atoms with Gasteiger partial charge in [0.15, 0.2) is 0 Å². The summed E-state index contributed by atoms with van der Waals surface area (Å²) in [5, 5.41) is 5.59. The number of nitrogens with zero attached hydrogens (tertiary/aromatic N) is 1. The summed E-state index contributed by atoms with van der Waals surface area (Å²) in [6.45, 7) is 2.32. The molecule has 0 radical (unpaired) electrons. The molecule has 0 bridgehead atoms. The van der Waals surface area contributed by atoms with E-state index in [-0.39, 0.29) is 18.4 Å². The number of rotatable bonds is 8. The normalized spacial score (nSPS) is 11.3. The van der Waals surface area contributed by atoms with Gasteiger partial charge in [-0.05, 0) is 48.9 Å². The number of hydrogen-bond donors (Lipinski definition) is 2. The number of nitrogens with one attached hydrogen (secondary N) is 2. The zero-order valence-electron chi connectivity index (χ0n) is 16.2. The summed E-state index contributed by atoms with van der Waals surface area (Å²) >= 11 is 0. The lowest BCUT2D eigenvalue weighted by Gasteiger charge is -2.19. The van der Waals surface area contributed by atoms with Gasteiger partial charge in [0.25, 0.3) is 5.91 Å². The molecule has 0 spiro atoms. The number of ether oxygens (including phenoxy) is 1. The fraction of sp³-hybridized carbons (Fsp3) is 0.174. The Hall–Kier alpha value is -3.67. The number of amides is 2. The molecule has 3 aromatic rings. The molecule has 1 unspecified atom stereocenters. The minimum Gasteiger partial charge on any atom is -0.494 e. The van der Waals surface area contributed by atoms with Crippen molar-refractivity contribution in [1.82, 2.24) is 15.6 Å². The van der Waals surface area contributed by atoms with Crippen LogP contribution in [-0.2, 0) is 4.79 Å². The summed E-state index contributed by atoms with van der Waals surface area (Å²) in [6.07, 6.45) is 1.69. The van der Waals surface area contributed by atoms with Gasteiger partial charge in [-0.2, -0.15) is 0 Å². The Balaban J connectivity index is 1.62. The van der Waals surface area contributed by atoms with Crippen molar-refractivity contribution in [2.24, 2.45) is 0 Å². The molecule has 1 aromatic heterocycles. The Kier molecular flexibility index (Phi) is 6.95. The highest BCUT2D eigenvalue weighted by Gasteiger charge is 2.18. The van der Waals surface area contributed by atoms with Gasteiger partial charge in [0, 0.05) is 11.8 Å². The SMILES string of the molecule is CCOc1ccc(C(=O)NCC(=O)NC(c2ccccc2)c2ccccn2)cc1. The molecular weight excluding hydrogens is 366 g/mol. The monoisotopic (exact) mass is 389 g/mol. The molecule has 2 N–H and O–H groups in total. The van der Waals surface area contributed by atoms with Crippen molar-refractivity contribution in [3.05, 3.63) is 95.8 Å². The summed E-state index contributed by atoms with van der Waals surface area (Å²) in [6, 6.07) is 21.5. The van der Waals surface area contributed by atoms with Gasteiger partial charge in [0.2, 0.25) is 5.91 Å². The quantitative estimate of drug-likeness (QED) is 0.620. The Morgan fingerprint density at radius 3 is 2.34 bits per heavy atom. The average molecular weight is 389 g/mol. The number of carbonyl (C=O) groups excluding carboxylic acids is 2. The van der Waals surface area contributed by atoms with E-state index in [1.54, 1.807) is 30.5 Å². The van der Waals surface area contributed by atoms with Crippen LogP contribution >= 0.6 is 0 Å². The van der Waals surface area contributed by atoms with E-state index in [9.17, 15) is 9.59 Å². The summed E-state index contributed by atoms with van der Waals surface area (Å²) in [5.74, 6) is 0.0731. The molecule has 148 valence electrons. The van der Waals surface area contributed by atoms with Gasteiger partial charge in [-0.15, -0.1) is 0 Å². The summed E-state index contributed by atoms with van der Waals surface area (Å²) in [7, 11) is 0. The van der Waals surface area contributed by atoms with Crippen LogP contribution in [0.3, 0.4) is 0 Å². The van der Waals surface area contributed by atoms with E-state index in [0.29, 0.717) is 17.9 Å². The number of hydrogen-bond acceptors (Lipinski definition) is 4. The molecular formula is C23H23N3O3. The molecule has 2 aromatic carbocycles. The van der Waals surface area contributed by atoms with Gasteiger partial charge < -0.3 is 15.4 Å². The first-order valence-electron chi connectivity index (χ1n) is 9.43. The lowest BCUT2D eigenvalue weighted by atomic mass is 10.0. The minimum absolute atomic E-state index is 0.137. The Morgan fingerprint density at radius 2 is 1.69 bits per heavy atom. The van der Waals surface area contributed by atoms with Crippen LogP contribution < -0.4 is 15.4 Å². The van der Waals surface area contributed by atoms with Crippen LogP contribution in [0.1, 0.15) is 34.6 Å². The Morgan fingerprint density at radius 1 is 0.966 bits per heavy atom. The van der Waals surface area contributed by atoms with Crippen LogP contribution in [0.5, 0.6) is 5.75 Å². The number of benzene rings is 2. The van der Waals surface area contributed by atoms with Gasteiger partial charge in [0.05, 0.1) is 24.9 Å².